The maximum absolute atomic E-state index is 12.3. The molecule has 0 aliphatic rings. The second-order valence-corrected chi connectivity index (χ2v) is 8.66. The molecule has 0 aliphatic carbocycles. The van der Waals surface area contributed by atoms with E-state index in [1.165, 1.54) is 18.2 Å². The first-order valence-corrected chi connectivity index (χ1v) is 8.84. The zero-order valence-electron chi connectivity index (χ0n) is 11.1. The second-order valence-electron chi connectivity index (χ2n) is 4.38. The van der Waals surface area contributed by atoms with Gasteiger partial charge in [0.25, 0.3) is 15.7 Å². The Morgan fingerprint density at radius 1 is 1.24 bits per heavy atom. The van der Waals surface area contributed by atoms with Crippen LogP contribution in [0.1, 0.15) is 11.1 Å². The molecule has 9 heteroatoms. The molecule has 0 atom stereocenters. The van der Waals surface area contributed by atoms with Crippen molar-refractivity contribution in [1.82, 2.24) is 0 Å². The summed E-state index contributed by atoms with van der Waals surface area (Å²) in [5, 5.41) is 10.8. The van der Waals surface area contributed by atoms with Gasteiger partial charge in [-0.15, -0.1) is 11.3 Å². The summed E-state index contributed by atoms with van der Waals surface area (Å²) >= 11 is 4.37. The molecule has 2 rings (SSSR count). The first-order chi connectivity index (χ1) is 9.70. The quantitative estimate of drug-likeness (QED) is 0.634. The molecule has 1 aromatic heterocycles. The molecule has 0 bridgehead atoms. The van der Waals surface area contributed by atoms with Crippen molar-refractivity contribution in [2.75, 3.05) is 4.72 Å². The van der Waals surface area contributed by atoms with Crippen molar-refractivity contribution in [3.63, 3.8) is 0 Å². The van der Waals surface area contributed by atoms with Gasteiger partial charge < -0.3 is 0 Å². The number of nitro groups is 1. The van der Waals surface area contributed by atoms with Crippen LogP contribution in [-0.2, 0) is 10.0 Å². The molecule has 1 heterocycles. The average molecular weight is 391 g/mol. The molecule has 2 aromatic rings. The van der Waals surface area contributed by atoms with Crippen LogP contribution in [0.3, 0.4) is 0 Å². The number of halogens is 1. The number of aryl methyl sites for hydroxylation is 2. The van der Waals surface area contributed by atoms with Crippen molar-refractivity contribution in [2.24, 2.45) is 0 Å². The number of nitrogens with zero attached hydrogens (tertiary/aromatic N) is 1. The topological polar surface area (TPSA) is 89.3 Å². The number of hydrogen-bond acceptors (Lipinski definition) is 5. The van der Waals surface area contributed by atoms with Gasteiger partial charge in [-0.2, -0.15) is 0 Å². The maximum Gasteiger partial charge on any atom is 0.271 e. The molecule has 1 N–H and O–H groups in total. The lowest BCUT2D eigenvalue weighted by Gasteiger charge is -2.08. The Bertz CT molecular complexity index is 795. The lowest BCUT2D eigenvalue weighted by atomic mass is 10.2. The Balaban J connectivity index is 2.41. The predicted octanol–water partition coefficient (Wildman–Crippen LogP) is 3.84. The lowest BCUT2D eigenvalue weighted by Crippen LogP contribution is -2.12. The zero-order valence-corrected chi connectivity index (χ0v) is 14.3. The van der Waals surface area contributed by atoms with Gasteiger partial charge in [0.1, 0.15) is 4.21 Å². The van der Waals surface area contributed by atoms with E-state index < -0.39 is 14.9 Å². The highest BCUT2D eigenvalue weighted by Gasteiger charge is 2.20. The Hall–Kier alpha value is -1.45. The van der Waals surface area contributed by atoms with Crippen LogP contribution in [0.5, 0.6) is 0 Å². The molecule has 6 nitrogen and oxygen atoms in total. The Labute approximate surface area is 134 Å². The number of thiophene rings is 1. The summed E-state index contributed by atoms with van der Waals surface area (Å²) in [6.45, 7) is 3.47. The number of anilines is 1. The highest BCUT2D eigenvalue weighted by atomic mass is 79.9. The summed E-state index contributed by atoms with van der Waals surface area (Å²) in [5.41, 5.74) is 1.46. The fourth-order valence-electron chi connectivity index (χ4n) is 1.59. The molecule has 0 fully saturated rings. The number of nitro benzene ring substituents is 1. The van der Waals surface area contributed by atoms with Crippen LogP contribution in [0, 0.1) is 24.0 Å². The van der Waals surface area contributed by atoms with E-state index >= 15 is 0 Å². The van der Waals surface area contributed by atoms with Gasteiger partial charge in [0.05, 0.1) is 14.4 Å². The molecule has 21 heavy (non-hydrogen) atoms. The van der Waals surface area contributed by atoms with Gasteiger partial charge in [0.15, 0.2) is 0 Å². The van der Waals surface area contributed by atoms with E-state index in [1.807, 2.05) is 0 Å². The van der Waals surface area contributed by atoms with Crippen LogP contribution in [0.15, 0.2) is 32.3 Å². The third-order valence-corrected chi connectivity index (χ3v) is 6.75. The van der Waals surface area contributed by atoms with E-state index in [2.05, 4.69) is 20.7 Å². The summed E-state index contributed by atoms with van der Waals surface area (Å²) in [6.07, 6.45) is 0. The van der Waals surface area contributed by atoms with Gasteiger partial charge in [-0.1, -0.05) is 6.07 Å². The van der Waals surface area contributed by atoms with Crippen LogP contribution >= 0.6 is 27.3 Å². The third-order valence-electron chi connectivity index (χ3n) is 2.78. The summed E-state index contributed by atoms with van der Waals surface area (Å²) in [7, 11) is -3.76. The number of hydrogen-bond donors (Lipinski definition) is 1. The molecular formula is C12H11BrN2O4S2. The van der Waals surface area contributed by atoms with Crippen molar-refractivity contribution in [2.45, 2.75) is 18.1 Å². The van der Waals surface area contributed by atoms with Crippen molar-refractivity contribution in [3.05, 3.63) is 49.3 Å². The van der Waals surface area contributed by atoms with Gasteiger partial charge in [-0.3, -0.25) is 14.8 Å². The molecule has 0 amide bonds. The molecular weight excluding hydrogens is 380 g/mol. The third kappa shape index (κ3) is 3.42. The molecule has 0 saturated heterocycles. The summed E-state index contributed by atoms with van der Waals surface area (Å²) in [4.78, 5) is 10.2. The highest BCUT2D eigenvalue weighted by molar-refractivity contribution is 9.11. The summed E-state index contributed by atoms with van der Waals surface area (Å²) in [5.74, 6) is 0. The Morgan fingerprint density at radius 2 is 1.90 bits per heavy atom. The molecule has 1 aromatic carbocycles. The van der Waals surface area contributed by atoms with E-state index in [0.29, 0.717) is 5.56 Å². The van der Waals surface area contributed by atoms with E-state index in [9.17, 15) is 18.5 Å². The fourth-order valence-corrected chi connectivity index (χ4v) is 4.94. The first-order valence-electron chi connectivity index (χ1n) is 5.74. The van der Waals surface area contributed by atoms with E-state index in [1.54, 1.807) is 19.9 Å². The normalized spacial score (nSPS) is 11.4. The first kappa shape index (κ1) is 15.9. The number of nitrogens with one attached hydrogen (secondary N) is 1. The predicted molar refractivity (Wildman–Crippen MR) is 85.4 cm³/mol. The number of non-ortho nitro benzene ring substituents is 1. The van der Waals surface area contributed by atoms with E-state index in [4.69, 9.17) is 0 Å². The van der Waals surface area contributed by atoms with Crippen molar-refractivity contribution in [3.8, 4) is 0 Å². The smallest absolute Gasteiger partial charge is 0.271 e. The van der Waals surface area contributed by atoms with Crippen molar-refractivity contribution >= 4 is 48.7 Å². The maximum atomic E-state index is 12.3. The SMILES string of the molecule is Cc1ccc([N+](=O)[O-])cc1NS(=O)(=O)c1cc(C)c(Br)s1. The van der Waals surface area contributed by atoms with Gasteiger partial charge in [-0.05, 0) is 47.0 Å². The van der Waals surface area contributed by atoms with Crippen LogP contribution in [0.25, 0.3) is 0 Å². The van der Waals surface area contributed by atoms with E-state index in [0.717, 1.165) is 20.7 Å². The van der Waals surface area contributed by atoms with Crippen LogP contribution in [-0.4, -0.2) is 13.3 Å². The molecule has 0 saturated carbocycles. The standard InChI is InChI=1S/C12H11BrN2O4S2/c1-7-3-4-9(15(16)17)6-10(7)14-21(18,19)11-5-8(2)12(13)20-11/h3-6,14H,1-2H3. The van der Waals surface area contributed by atoms with Crippen molar-refractivity contribution in [1.29, 1.82) is 0 Å². The fraction of sp³-hybridized carbons (Fsp3) is 0.167. The van der Waals surface area contributed by atoms with Crippen LogP contribution in [0.2, 0.25) is 0 Å². The Morgan fingerprint density at radius 3 is 2.43 bits per heavy atom. The van der Waals surface area contributed by atoms with Crippen molar-refractivity contribution < 1.29 is 13.3 Å². The molecule has 0 radical (unpaired) electrons. The molecule has 0 aliphatic heterocycles. The van der Waals surface area contributed by atoms with E-state index in [-0.39, 0.29) is 15.6 Å². The van der Waals surface area contributed by atoms with Gasteiger partial charge >= 0.3 is 0 Å². The lowest BCUT2D eigenvalue weighted by molar-refractivity contribution is -0.384. The monoisotopic (exact) mass is 390 g/mol. The van der Waals surface area contributed by atoms with Crippen LogP contribution in [0.4, 0.5) is 11.4 Å². The Kier molecular flexibility index (Phi) is 4.35. The largest absolute Gasteiger partial charge is 0.278 e. The molecule has 0 unspecified atom stereocenters. The second kappa shape index (κ2) is 5.74. The van der Waals surface area contributed by atoms with Gasteiger partial charge in [0.2, 0.25) is 0 Å². The molecule has 0 spiro atoms. The summed E-state index contributed by atoms with van der Waals surface area (Å²) < 4.78 is 27.9. The van der Waals surface area contributed by atoms with Crippen LogP contribution < -0.4 is 4.72 Å². The average Bonchev–Trinajstić information content (AvgIpc) is 2.73. The van der Waals surface area contributed by atoms with Gasteiger partial charge in [0, 0.05) is 12.1 Å². The highest BCUT2D eigenvalue weighted by Crippen LogP contribution is 2.32. The number of rotatable bonds is 4. The number of benzene rings is 1. The minimum atomic E-state index is -3.76. The minimum Gasteiger partial charge on any atom is -0.278 e. The minimum absolute atomic E-state index is 0.151. The summed E-state index contributed by atoms with van der Waals surface area (Å²) in [6, 6.07) is 5.59. The molecule has 112 valence electrons. The number of sulfonamides is 1. The zero-order chi connectivity index (χ0) is 15.8. The van der Waals surface area contributed by atoms with Gasteiger partial charge in [-0.25, -0.2) is 8.42 Å².